The molecule has 1 aromatic heterocycles. The Morgan fingerprint density at radius 3 is 2.76 bits per heavy atom. The first-order valence-electron chi connectivity index (χ1n) is 9.98. The van der Waals surface area contributed by atoms with Crippen LogP contribution in [0.1, 0.15) is 39.0 Å². The van der Waals surface area contributed by atoms with E-state index in [-0.39, 0.29) is 0 Å². The van der Waals surface area contributed by atoms with E-state index in [0.717, 1.165) is 43.7 Å². The zero-order valence-corrected chi connectivity index (χ0v) is 16.6. The number of hydrogen-bond donors (Lipinski definition) is 2. The van der Waals surface area contributed by atoms with Crippen LogP contribution in [0.5, 0.6) is 11.6 Å². The summed E-state index contributed by atoms with van der Waals surface area (Å²) < 4.78 is 6.07. The van der Waals surface area contributed by atoms with Crippen molar-refractivity contribution in [2.45, 2.75) is 32.6 Å². The number of nitrogens with one attached hydrogen (secondary N) is 1. The van der Waals surface area contributed by atoms with Gasteiger partial charge in [0, 0.05) is 18.8 Å². The first-order chi connectivity index (χ1) is 14.1. The molecule has 3 aromatic rings. The van der Waals surface area contributed by atoms with E-state index in [1.165, 1.54) is 28.5 Å². The van der Waals surface area contributed by atoms with Gasteiger partial charge in [-0.25, -0.2) is 4.98 Å². The number of amides is 1. The standard InChI is InChI=1S/C24H25N3O2/c1-16-5-2-3-6-17(16)13-14-26-23-20-8-4-7-18(20)9-11-21(23)29-22-12-10-19(15-27-22)24(25)28/h2-3,5-6,9-12,15,26H,4,7-8,13-14H2,1H3,(H2,25,28). The molecule has 0 aliphatic heterocycles. The number of nitrogens with zero attached hydrogens (tertiary/aromatic N) is 1. The molecule has 0 atom stereocenters. The van der Waals surface area contributed by atoms with Crippen molar-refractivity contribution in [3.63, 3.8) is 0 Å². The number of aryl methyl sites for hydroxylation is 2. The average Bonchev–Trinajstić information content (AvgIpc) is 3.20. The molecule has 3 N–H and O–H groups in total. The number of hydrogen-bond acceptors (Lipinski definition) is 4. The lowest BCUT2D eigenvalue weighted by atomic mass is 10.0. The van der Waals surface area contributed by atoms with Crippen molar-refractivity contribution in [1.29, 1.82) is 0 Å². The number of aromatic nitrogens is 1. The van der Waals surface area contributed by atoms with Gasteiger partial charge >= 0.3 is 0 Å². The molecular formula is C24H25N3O2. The van der Waals surface area contributed by atoms with Crippen molar-refractivity contribution in [3.8, 4) is 11.6 Å². The predicted octanol–water partition coefficient (Wildman–Crippen LogP) is 4.42. The molecule has 4 rings (SSSR count). The minimum atomic E-state index is -0.500. The lowest BCUT2D eigenvalue weighted by molar-refractivity contribution is 0.1000. The summed E-state index contributed by atoms with van der Waals surface area (Å²) in [7, 11) is 0. The molecule has 0 saturated heterocycles. The summed E-state index contributed by atoms with van der Waals surface area (Å²) in [6.45, 7) is 2.97. The highest BCUT2D eigenvalue weighted by molar-refractivity contribution is 5.92. The molecular weight excluding hydrogens is 362 g/mol. The van der Waals surface area contributed by atoms with Crippen molar-refractivity contribution >= 4 is 11.6 Å². The van der Waals surface area contributed by atoms with Gasteiger partial charge in [-0.1, -0.05) is 30.3 Å². The van der Waals surface area contributed by atoms with E-state index in [0.29, 0.717) is 11.4 Å². The fourth-order valence-corrected chi connectivity index (χ4v) is 3.84. The number of primary amides is 1. The van der Waals surface area contributed by atoms with E-state index in [1.807, 2.05) is 6.07 Å². The van der Waals surface area contributed by atoms with Crippen LogP contribution >= 0.6 is 0 Å². The highest BCUT2D eigenvalue weighted by Gasteiger charge is 2.19. The van der Waals surface area contributed by atoms with Crippen LogP contribution in [0.15, 0.2) is 54.7 Å². The van der Waals surface area contributed by atoms with Crippen molar-refractivity contribution in [2.75, 3.05) is 11.9 Å². The smallest absolute Gasteiger partial charge is 0.250 e. The van der Waals surface area contributed by atoms with Crippen LogP contribution in [-0.4, -0.2) is 17.4 Å². The van der Waals surface area contributed by atoms with Gasteiger partial charge < -0.3 is 15.8 Å². The molecule has 0 saturated carbocycles. The first kappa shape index (κ1) is 19.0. The summed E-state index contributed by atoms with van der Waals surface area (Å²) >= 11 is 0. The van der Waals surface area contributed by atoms with E-state index in [2.05, 4.69) is 47.6 Å². The zero-order valence-electron chi connectivity index (χ0n) is 16.6. The number of ether oxygens (including phenoxy) is 1. The maximum Gasteiger partial charge on any atom is 0.250 e. The molecule has 1 heterocycles. The Morgan fingerprint density at radius 2 is 2.00 bits per heavy atom. The Labute approximate surface area is 170 Å². The SMILES string of the molecule is Cc1ccccc1CCNc1c(Oc2ccc(C(N)=O)cn2)ccc2c1CCC2. The van der Waals surface area contributed by atoms with Crippen LogP contribution in [0.25, 0.3) is 0 Å². The molecule has 5 heteroatoms. The van der Waals surface area contributed by atoms with Crippen molar-refractivity contribution in [1.82, 2.24) is 4.98 Å². The molecule has 1 amide bonds. The molecule has 148 valence electrons. The minimum Gasteiger partial charge on any atom is -0.437 e. The second-order valence-corrected chi connectivity index (χ2v) is 7.38. The third-order valence-electron chi connectivity index (χ3n) is 5.44. The Bertz CT molecular complexity index is 1030. The van der Waals surface area contributed by atoms with Crippen LogP contribution in [-0.2, 0) is 19.3 Å². The second kappa shape index (κ2) is 8.35. The van der Waals surface area contributed by atoms with Crippen molar-refractivity contribution in [3.05, 3.63) is 82.5 Å². The Hall–Kier alpha value is -3.34. The number of carbonyl (C=O) groups excluding carboxylic acids is 1. The molecule has 29 heavy (non-hydrogen) atoms. The number of carbonyl (C=O) groups is 1. The summed E-state index contributed by atoms with van der Waals surface area (Å²) in [5.74, 6) is 0.699. The van der Waals surface area contributed by atoms with E-state index < -0.39 is 5.91 Å². The third-order valence-corrected chi connectivity index (χ3v) is 5.44. The van der Waals surface area contributed by atoms with Crippen LogP contribution in [0.3, 0.4) is 0 Å². The van der Waals surface area contributed by atoms with E-state index in [1.54, 1.807) is 12.1 Å². The second-order valence-electron chi connectivity index (χ2n) is 7.38. The van der Waals surface area contributed by atoms with Gasteiger partial charge in [-0.05, 0) is 67.0 Å². The summed E-state index contributed by atoms with van der Waals surface area (Å²) in [6.07, 6.45) is 5.70. The predicted molar refractivity (Wildman–Crippen MR) is 115 cm³/mol. The number of benzene rings is 2. The Morgan fingerprint density at radius 1 is 1.14 bits per heavy atom. The highest BCUT2D eigenvalue weighted by atomic mass is 16.5. The van der Waals surface area contributed by atoms with Crippen molar-refractivity contribution < 1.29 is 9.53 Å². The van der Waals surface area contributed by atoms with Gasteiger partial charge in [-0.2, -0.15) is 0 Å². The molecule has 0 unspecified atom stereocenters. The van der Waals surface area contributed by atoms with Crippen LogP contribution in [0.2, 0.25) is 0 Å². The number of rotatable bonds is 7. The molecule has 0 radical (unpaired) electrons. The molecule has 1 aliphatic carbocycles. The number of fused-ring (bicyclic) bond motifs is 1. The van der Waals surface area contributed by atoms with Gasteiger partial charge in [0.05, 0.1) is 11.3 Å². The number of pyridine rings is 1. The quantitative estimate of drug-likeness (QED) is 0.629. The fourth-order valence-electron chi connectivity index (χ4n) is 3.84. The zero-order chi connectivity index (χ0) is 20.2. The molecule has 0 spiro atoms. The largest absolute Gasteiger partial charge is 0.437 e. The molecule has 1 aliphatic rings. The highest BCUT2D eigenvalue weighted by Crippen LogP contribution is 2.38. The van der Waals surface area contributed by atoms with Gasteiger partial charge in [0.1, 0.15) is 0 Å². The van der Waals surface area contributed by atoms with Crippen LogP contribution in [0, 0.1) is 6.92 Å². The summed E-state index contributed by atoms with van der Waals surface area (Å²) in [4.78, 5) is 15.5. The maximum absolute atomic E-state index is 11.2. The first-order valence-corrected chi connectivity index (χ1v) is 9.98. The average molecular weight is 387 g/mol. The summed E-state index contributed by atoms with van der Waals surface area (Å²) in [6, 6.07) is 15.9. The fraction of sp³-hybridized carbons (Fsp3) is 0.250. The Kier molecular flexibility index (Phi) is 5.47. The normalized spacial score (nSPS) is 12.4. The van der Waals surface area contributed by atoms with Gasteiger partial charge in [0.15, 0.2) is 5.75 Å². The lowest BCUT2D eigenvalue weighted by Crippen LogP contribution is -2.11. The number of nitrogens with two attached hydrogens (primary N) is 1. The molecule has 0 bridgehead atoms. The van der Waals surface area contributed by atoms with Crippen LogP contribution < -0.4 is 15.8 Å². The molecule has 5 nitrogen and oxygen atoms in total. The number of anilines is 1. The Balaban J connectivity index is 1.54. The van der Waals surface area contributed by atoms with Crippen LogP contribution in [0.4, 0.5) is 5.69 Å². The van der Waals surface area contributed by atoms with E-state index >= 15 is 0 Å². The maximum atomic E-state index is 11.2. The van der Waals surface area contributed by atoms with Gasteiger partial charge in [0.2, 0.25) is 11.8 Å². The van der Waals surface area contributed by atoms with Gasteiger partial charge in [-0.3, -0.25) is 4.79 Å². The summed E-state index contributed by atoms with van der Waals surface area (Å²) in [5.41, 5.74) is 12.1. The minimum absolute atomic E-state index is 0.364. The van der Waals surface area contributed by atoms with Gasteiger partial charge in [0.25, 0.3) is 0 Å². The molecule has 2 aromatic carbocycles. The summed E-state index contributed by atoms with van der Waals surface area (Å²) in [5, 5.41) is 3.61. The lowest BCUT2D eigenvalue weighted by Gasteiger charge is -2.17. The topological polar surface area (TPSA) is 77.2 Å². The van der Waals surface area contributed by atoms with E-state index in [9.17, 15) is 4.79 Å². The molecule has 0 fully saturated rings. The monoisotopic (exact) mass is 387 g/mol. The van der Waals surface area contributed by atoms with E-state index in [4.69, 9.17) is 10.5 Å². The third kappa shape index (κ3) is 4.24. The van der Waals surface area contributed by atoms with Crippen molar-refractivity contribution in [2.24, 2.45) is 5.73 Å². The van der Waals surface area contributed by atoms with Gasteiger partial charge in [-0.15, -0.1) is 0 Å².